The molecular weight excluding hydrogens is 382 g/mol. The maximum atomic E-state index is 12.3. The lowest BCUT2D eigenvalue weighted by molar-refractivity contribution is -0.113. The molecule has 144 valence electrons. The first-order chi connectivity index (χ1) is 14.3. The molecule has 0 radical (unpaired) electrons. The zero-order chi connectivity index (χ0) is 19.9. The highest BCUT2D eigenvalue weighted by molar-refractivity contribution is 8.00. The van der Waals surface area contributed by atoms with Gasteiger partial charge in [-0.1, -0.05) is 60.3 Å². The third-order valence-corrected chi connectivity index (χ3v) is 5.24. The Labute approximate surface area is 173 Å². The summed E-state index contributed by atoms with van der Waals surface area (Å²) >= 11 is 1.40. The number of para-hydroxylation sites is 1. The van der Waals surface area contributed by atoms with E-state index in [0.29, 0.717) is 6.61 Å². The summed E-state index contributed by atoms with van der Waals surface area (Å²) in [6.07, 6.45) is 1.52. The van der Waals surface area contributed by atoms with Crippen molar-refractivity contribution >= 4 is 34.3 Å². The molecule has 1 N–H and O–H groups in total. The summed E-state index contributed by atoms with van der Waals surface area (Å²) in [5, 5.41) is 4.66. The Kier molecular flexibility index (Phi) is 6.02. The Morgan fingerprint density at radius 2 is 1.66 bits per heavy atom. The molecule has 0 aliphatic carbocycles. The van der Waals surface area contributed by atoms with E-state index in [-0.39, 0.29) is 11.7 Å². The van der Waals surface area contributed by atoms with Crippen LogP contribution < -0.4 is 10.1 Å². The normalized spacial score (nSPS) is 10.6. The summed E-state index contributed by atoms with van der Waals surface area (Å²) in [4.78, 5) is 20.9. The van der Waals surface area contributed by atoms with Gasteiger partial charge >= 0.3 is 0 Å². The molecule has 0 atom stereocenters. The van der Waals surface area contributed by atoms with Crippen LogP contribution in [0.4, 0.5) is 5.69 Å². The molecule has 0 saturated carbocycles. The van der Waals surface area contributed by atoms with E-state index in [1.807, 2.05) is 78.9 Å². The molecule has 0 unspecified atom stereocenters. The van der Waals surface area contributed by atoms with Crippen LogP contribution in [0.1, 0.15) is 5.56 Å². The van der Waals surface area contributed by atoms with Crippen molar-refractivity contribution in [1.29, 1.82) is 0 Å². The van der Waals surface area contributed by atoms with E-state index in [9.17, 15) is 4.79 Å². The molecule has 0 spiro atoms. The first kappa shape index (κ1) is 19.0. The van der Waals surface area contributed by atoms with Gasteiger partial charge < -0.3 is 10.1 Å². The van der Waals surface area contributed by atoms with Crippen molar-refractivity contribution in [2.45, 2.75) is 11.6 Å². The maximum Gasteiger partial charge on any atom is 0.234 e. The summed E-state index contributed by atoms with van der Waals surface area (Å²) in [5.74, 6) is 0.942. The molecule has 3 aromatic carbocycles. The Morgan fingerprint density at radius 1 is 0.897 bits per heavy atom. The van der Waals surface area contributed by atoms with E-state index in [2.05, 4.69) is 15.3 Å². The van der Waals surface area contributed by atoms with E-state index >= 15 is 0 Å². The Hall–Kier alpha value is -3.38. The van der Waals surface area contributed by atoms with E-state index in [1.165, 1.54) is 18.1 Å². The van der Waals surface area contributed by atoms with Crippen molar-refractivity contribution in [2.75, 3.05) is 11.1 Å². The van der Waals surface area contributed by atoms with Crippen molar-refractivity contribution in [3.8, 4) is 5.75 Å². The lowest BCUT2D eigenvalue weighted by Gasteiger charge is -2.09. The number of rotatable bonds is 7. The van der Waals surface area contributed by atoms with E-state index < -0.39 is 0 Å². The third-order valence-electron chi connectivity index (χ3n) is 4.23. The van der Waals surface area contributed by atoms with Crippen LogP contribution in [0.2, 0.25) is 0 Å². The van der Waals surface area contributed by atoms with Gasteiger partial charge in [-0.15, -0.1) is 0 Å². The number of fused-ring (bicyclic) bond motifs is 1. The number of hydrogen-bond donors (Lipinski definition) is 1. The van der Waals surface area contributed by atoms with Crippen molar-refractivity contribution in [1.82, 2.24) is 9.97 Å². The van der Waals surface area contributed by atoms with Gasteiger partial charge in [0, 0.05) is 11.1 Å². The van der Waals surface area contributed by atoms with E-state index in [4.69, 9.17) is 4.74 Å². The number of anilines is 1. The Bertz CT molecular complexity index is 1100. The van der Waals surface area contributed by atoms with Gasteiger partial charge in [0.25, 0.3) is 0 Å². The number of nitrogens with zero attached hydrogens (tertiary/aromatic N) is 2. The standard InChI is InChI=1S/C23H19N3O2S/c27-22(15-29-23-20-8-4-5-9-21(20)24-16-25-23)26-18-10-12-19(13-11-18)28-14-17-6-2-1-3-7-17/h1-13,16H,14-15H2,(H,26,27). The van der Waals surface area contributed by atoms with Gasteiger partial charge in [0.05, 0.1) is 11.3 Å². The number of nitrogens with one attached hydrogen (secondary N) is 1. The van der Waals surface area contributed by atoms with Crippen molar-refractivity contribution in [3.05, 3.63) is 90.8 Å². The number of aromatic nitrogens is 2. The van der Waals surface area contributed by atoms with Crippen molar-refractivity contribution in [3.63, 3.8) is 0 Å². The van der Waals surface area contributed by atoms with Gasteiger partial charge in [-0.05, 0) is 35.9 Å². The second-order valence-corrected chi connectivity index (χ2v) is 7.30. The number of carbonyl (C=O) groups is 1. The first-order valence-electron chi connectivity index (χ1n) is 9.17. The zero-order valence-corrected chi connectivity index (χ0v) is 16.4. The number of amides is 1. The highest BCUT2D eigenvalue weighted by Crippen LogP contribution is 2.24. The smallest absolute Gasteiger partial charge is 0.234 e. The average Bonchev–Trinajstić information content (AvgIpc) is 2.78. The lowest BCUT2D eigenvalue weighted by atomic mass is 10.2. The number of ether oxygens (including phenoxy) is 1. The SMILES string of the molecule is O=C(CSc1ncnc2ccccc12)Nc1ccc(OCc2ccccc2)cc1. The number of benzene rings is 3. The lowest BCUT2D eigenvalue weighted by Crippen LogP contribution is -2.14. The molecule has 6 heteroatoms. The van der Waals surface area contributed by atoms with Crippen LogP contribution in [0.3, 0.4) is 0 Å². The third kappa shape index (κ3) is 5.12. The fourth-order valence-corrected chi connectivity index (χ4v) is 3.59. The number of thioether (sulfide) groups is 1. The summed E-state index contributed by atoms with van der Waals surface area (Å²) in [5.41, 5.74) is 2.71. The highest BCUT2D eigenvalue weighted by atomic mass is 32.2. The minimum atomic E-state index is -0.0874. The molecule has 0 fully saturated rings. The summed E-state index contributed by atoms with van der Waals surface area (Å²) in [7, 11) is 0. The Balaban J connectivity index is 1.30. The van der Waals surface area contributed by atoms with Crippen molar-refractivity contribution in [2.24, 2.45) is 0 Å². The summed E-state index contributed by atoms with van der Waals surface area (Å²) in [6.45, 7) is 0.510. The van der Waals surface area contributed by atoms with E-state index in [1.54, 1.807) is 0 Å². The van der Waals surface area contributed by atoms with Crippen LogP contribution >= 0.6 is 11.8 Å². The van der Waals surface area contributed by atoms with Gasteiger partial charge in [0.1, 0.15) is 23.7 Å². The topological polar surface area (TPSA) is 64.1 Å². The van der Waals surface area contributed by atoms with Gasteiger partial charge in [-0.25, -0.2) is 9.97 Å². The predicted octanol–water partition coefficient (Wildman–Crippen LogP) is 4.94. The molecule has 29 heavy (non-hydrogen) atoms. The largest absolute Gasteiger partial charge is 0.489 e. The minimum Gasteiger partial charge on any atom is -0.489 e. The fourth-order valence-electron chi connectivity index (χ4n) is 2.80. The Morgan fingerprint density at radius 3 is 2.48 bits per heavy atom. The van der Waals surface area contributed by atoms with E-state index in [0.717, 1.165) is 32.9 Å². The monoisotopic (exact) mass is 401 g/mol. The molecule has 1 heterocycles. The highest BCUT2D eigenvalue weighted by Gasteiger charge is 2.08. The van der Waals surface area contributed by atoms with Crippen LogP contribution in [-0.4, -0.2) is 21.6 Å². The maximum absolute atomic E-state index is 12.3. The molecule has 5 nitrogen and oxygen atoms in total. The summed E-state index contributed by atoms with van der Waals surface area (Å²) < 4.78 is 5.77. The van der Waals surface area contributed by atoms with Gasteiger partial charge in [-0.2, -0.15) is 0 Å². The minimum absolute atomic E-state index is 0.0874. The molecule has 4 aromatic rings. The average molecular weight is 401 g/mol. The van der Waals surface area contributed by atoms with Crippen LogP contribution in [0.25, 0.3) is 10.9 Å². The second kappa shape index (κ2) is 9.21. The molecule has 0 bridgehead atoms. The molecule has 0 aliphatic heterocycles. The first-order valence-corrected chi connectivity index (χ1v) is 10.2. The second-order valence-electron chi connectivity index (χ2n) is 6.33. The molecule has 1 aromatic heterocycles. The molecule has 0 aliphatic rings. The van der Waals surface area contributed by atoms with Gasteiger partial charge in [0.2, 0.25) is 5.91 Å². The fraction of sp³-hybridized carbons (Fsp3) is 0.0870. The summed E-state index contributed by atoms with van der Waals surface area (Å²) in [6, 6.07) is 25.1. The number of hydrogen-bond acceptors (Lipinski definition) is 5. The molecular formula is C23H19N3O2S. The predicted molar refractivity (Wildman–Crippen MR) is 116 cm³/mol. The van der Waals surface area contributed by atoms with Crippen LogP contribution in [-0.2, 0) is 11.4 Å². The van der Waals surface area contributed by atoms with Crippen LogP contribution in [0, 0.1) is 0 Å². The van der Waals surface area contributed by atoms with Crippen LogP contribution in [0.5, 0.6) is 5.75 Å². The van der Waals surface area contributed by atoms with Gasteiger partial charge in [-0.3, -0.25) is 4.79 Å². The number of carbonyl (C=O) groups excluding carboxylic acids is 1. The van der Waals surface area contributed by atoms with Crippen molar-refractivity contribution < 1.29 is 9.53 Å². The zero-order valence-electron chi connectivity index (χ0n) is 15.6. The molecule has 4 rings (SSSR count). The van der Waals surface area contributed by atoms with Gasteiger partial charge in [0.15, 0.2) is 0 Å². The molecule has 0 saturated heterocycles. The quantitative estimate of drug-likeness (QED) is 0.351. The van der Waals surface area contributed by atoms with Crippen LogP contribution in [0.15, 0.2) is 90.2 Å². The molecule has 1 amide bonds.